The van der Waals surface area contributed by atoms with E-state index in [4.69, 9.17) is 4.42 Å². The molecule has 0 N–H and O–H groups in total. The summed E-state index contributed by atoms with van der Waals surface area (Å²) in [5.41, 5.74) is 0. The van der Waals surface area contributed by atoms with Crippen molar-refractivity contribution < 1.29 is 9.21 Å². The molecule has 0 aromatic carbocycles. The maximum Gasteiger partial charge on any atom is 0.247 e. The molecular weight excluding hydrogens is 270 g/mol. The van der Waals surface area contributed by atoms with Crippen molar-refractivity contribution in [2.45, 2.75) is 33.4 Å². The fourth-order valence-electron chi connectivity index (χ4n) is 1.89. The van der Waals surface area contributed by atoms with E-state index in [-0.39, 0.29) is 11.9 Å². The Balaban J connectivity index is 2.06. The molecule has 0 fully saturated rings. The number of hydrogen-bond donors (Lipinski definition) is 0. The molecule has 2 aromatic rings. The highest BCUT2D eigenvalue weighted by Gasteiger charge is 2.15. The van der Waals surface area contributed by atoms with Gasteiger partial charge in [0, 0.05) is 21.9 Å². The minimum atomic E-state index is 0.00227. The molecule has 106 valence electrons. The van der Waals surface area contributed by atoms with Gasteiger partial charge in [-0.25, -0.2) is 0 Å². The zero-order valence-electron chi connectivity index (χ0n) is 12.0. The summed E-state index contributed by atoms with van der Waals surface area (Å²) in [5.74, 6) is 0.691. The fourth-order valence-corrected chi connectivity index (χ4v) is 2.78. The number of hydrogen-bond acceptors (Lipinski definition) is 3. The number of rotatable bonds is 5. The van der Waals surface area contributed by atoms with E-state index in [1.165, 1.54) is 9.75 Å². The van der Waals surface area contributed by atoms with Crippen molar-refractivity contribution in [2.24, 2.45) is 0 Å². The van der Waals surface area contributed by atoms with E-state index in [9.17, 15) is 4.79 Å². The third-order valence-electron chi connectivity index (χ3n) is 2.96. The van der Waals surface area contributed by atoms with Gasteiger partial charge in [0.2, 0.25) is 5.91 Å². The van der Waals surface area contributed by atoms with E-state index in [0.717, 1.165) is 0 Å². The second kappa shape index (κ2) is 6.57. The Morgan fingerprint density at radius 3 is 2.75 bits per heavy atom. The number of aryl methyl sites for hydroxylation is 1. The van der Waals surface area contributed by atoms with Crippen LogP contribution >= 0.6 is 11.3 Å². The molecule has 0 aliphatic carbocycles. The first kappa shape index (κ1) is 14.6. The van der Waals surface area contributed by atoms with Gasteiger partial charge in [0.15, 0.2) is 0 Å². The molecule has 4 heteroatoms. The zero-order valence-corrected chi connectivity index (χ0v) is 12.8. The van der Waals surface area contributed by atoms with Crippen LogP contribution in [0, 0.1) is 6.92 Å². The summed E-state index contributed by atoms with van der Waals surface area (Å²) >= 11 is 1.73. The molecule has 0 aliphatic heterocycles. The maximum absolute atomic E-state index is 12.3. The van der Waals surface area contributed by atoms with Gasteiger partial charge in [-0.2, -0.15) is 0 Å². The van der Waals surface area contributed by atoms with Crippen LogP contribution in [-0.2, 0) is 11.3 Å². The van der Waals surface area contributed by atoms with Crippen molar-refractivity contribution in [3.05, 3.63) is 52.1 Å². The molecule has 20 heavy (non-hydrogen) atoms. The summed E-state index contributed by atoms with van der Waals surface area (Å²) < 4.78 is 5.19. The summed E-state index contributed by atoms with van der Waals surface area (Å²) in [7, 11) is 0. The molecule has 0 saturated carbocycles. The minimum Gasteiger partial charge on any atom is -0.465 e. The summed E-state index contributed by atoms with van der Waals surface area (Å²) in [4.78, 5) is 16.6. The lowest BCUT2D eigenvalue weighted by Crippen LogP contribution is -2.34. The number of nitrogens with zero attached hydrogens (tertiary/aromatic N) is 1. The Hall–Kier alpha value is -1.81. The average molecular weight is 289 g/mol. The Labute approximate surface area is 123 Å². The van der Waals surface area contributed by atoms with Gasteiger partial charge >= 0.3 is 0 Å². The van der Waals surface area contributed by atoms with Gasteiger partial charge in [-0.3, -0.25) is 4.79 Å². The van der Waals surface area contributed by atoms with Gasteiger partial charge in [0.25, 0.3) is 0 Å². The first-order valence-electron chi connectivity index (χ1n) is 6.64. The first-order valence-corrected chi connectivity index (χ1v) is 7.45. The van der Waals surface area contributed by atoms with Crippen LogP contribution in [0.5, 0.6) is 0 Å². The largest absolute Gasteiger partial charge is 0.465 e. The van der Waals surface area contributed by atoms with Crippen LogP contribution in [0.25, 0.3) is 6.08 Å². The maximum atomic E-state index is 12.3. The molecule has 1 amide bonds. The Bertz CT molecular complexity index is 581. The molecular formula is C16H19NO2S. The average Bonchev–Trinajstić information content (AvgIpc) is 3.04. The predicted octanol–water partition coefficient (Wildman–Crippen LogP) is 4.10. The van der Waals surface area contributed by atoms with Crippen LogP contribution in [-0.4, -0.2) is 16.8 Å². The lowest BCUT2D eigenvalue weighted by atomic mass is 10.2. The highest BCUT2D eigenvalue weighted by Crippen LogP contribution is 2.18. The zero-order chi connectivity index (χ0) is 14.5. The SMILES string of the molecule is Cc1ccc(CN(C(=O)C=Cc2ccco2)C(C)C)s1. The van der Waals surface area contributed by atoms with E-state index >= 15 is 0 Å². The summed E-state index contributed by atoms with van der Waals surface area (Å²) in [6, 6.07) is 7.96. The van der Waals surface area contributed by atoms with Crippen molar-refractivity contribution in [1.82, 2.24) is 4.90 Å². The van der Waals surface area contributed by atoms with E-state index in [1.54, 1.807) is 35.8 Å². The van der Waals surface area contributed by atoms with Crippen molar-refractivity contribution >= 4 is 23.3 Å². The smallest absolute Gasteiger partial charge is 0.247 e. The van der Waals surface area contributed by atoms with Crippen LogP contribution < -0.4 is 0 Å². The lowest BCUT2D eigenvalue weighted by Gasteiger charge is -2.24. The van der Waals surface area contributed by atoms with Gasteiger partial charge in [-0.15, -0.1) is 11.3 Å². The lowest BCUT2D eigenvalue weighted by molar-refractivity contribution is -0.128. The number of furan rings is 1. The molecule has 2 aromatic heterocycles. The predicted molar refractivity (Wildman–Crippen MR) is 82.5 cm³/mol. The Morgan fingerprint density at radius 1 is 1.40 bits per heavy atom. The normalized spacial score (nSPS) is 11.4. The molecule has 0 saturated heterocycles. The summed E-state index contributed by atoms with van der Waals surface area (Å²) in [5, 5.41) is 0. The first-order chi connectivity index (χ1) is 9.56. The second-order valence-corrected chi connectivity index (χ2v) is 6.29. The number of carbonyl (C=O) groups is 1. The molecule has 0 bridgehead atoms. The van der Waals surface area contributed by atoms with E-state index in [1.807, 2.05) is 24.8 Å². The highest BCUT2D eigenvalue weighted by molar-refractivity contribution is 7.11. The van der Waals surface area contributed by atoms with Gasteiger partial charge in [-0.05, 0) is 51.1 Å². The summed E-state index contributed by atoms with van der Waals surface area (Å²) in [6.07, 6.45) is 4.87. The monoisotopic (exact) mass is 289 g/mol. The third-order valence-corrected chi connectivity index (χ3v) is 3.95. The van der Waals surface area contributed by atoms with Crippen LogP contribution in [0.15, 0.2) is 41.0 Å². The minimum absolute atomic E-state index is 0.00227. The van der Waals surface area contributed by atoms with Crippen LogP contribution in [0.2, 0.25) is 0 Å². The number of thiophene rings is 1. The van der Waals surface area contributed by atoms with Gasteiger partial charge in [0.05, 0.1) is 12.8 Å². The van der Waals surface area contributed by atoms with E-state index in [0.29, 0.717) is 12.3 Å². The van der Waals surface area contributed by atoms with Crippen molar-refractivity contribution in [3.63, 3.8) is 0 Å². The Morgan fingerprint density at radius 2 is 2.20 bits per heavy atom. The number of carbonyl (C=O) groups excluding carboxylic acids is 1. The van der Waals surface area contributed by atoms with E-state index < -0.39 is 0 Å². The molecule has 0 unspecified atom stereocenters. The molecule has 0 spiro atoms. The highest BCUT2D eigenvalue weighted by atomic mass is 32.1. The quantitative estimate of drug-likeness (QED) is 0.776. The van der Waals surface area contributed by atoms with Gasteiger partial charge < -0.3 is 9.32 Å². The van der Waals surface area contributed by atoms with Crippen LogP contribution in [0.4, 0.5) is 0 Å². The van der Waals surface area contributed by atoms with Gasteiger partial charge in [0.1, 0.15) is 5.76 Å². The topological polar surface area (TPSA) is 33.5 Å². The van der Waals surface area contributed by atoms with Crippen molar-refractivity contribution in [2.75, 3.05) is 0 Å². The second-order valence-electron chi connectivity index (χ2n) is 4.92. The summed E-state index contributed by atoms with van der Waals surface area (Å²) in [6.45, 7) is 6.78. The van der Waals surface area contributed by atoms with E-state index in [2.05, 4.69) is 19.1 Å². The molecule has 0 radical (unpaired) electrons. The molecule has 0 atom stereocenters. The fraction of sp³-hybridized carbons (Fsp3) is 0.312. The van der Waals surface area contributed by atoms with Crippen molar-refractivity contribution in [1.29, 1.82) is 0 Å². The third kappa shape index (κ3) is 3.84. The van der Waals surface area contributed by atoms with Gasteiger partial charge in [-0.1, -0.05) is 0 Å². The molecule has 3 nitrogen and oxygen atoms in total. The molecule has 2 rings (SSSR count). The van der Waals surface area contributed by atoms with Crippen LogP contribution in [0.1, 0.15) is 29.4 Å². The number of amides is 1. The standard InChI is InChI=1S/C16H19NO2S/c1-12(2)17(11-15-8-6-13(3)20-15)16(18)9-7-14-5-4-10-19-14/h4-10,12H,11H2,1-3H3. The van der Waals surface area contributed by atoms with Crippen molar-refractivity contribution in [3.8, 4) is 0 Å². The van der Waals surface area contributed by atoms with Crippen LogP contribution in [0.3, 0.4) is 0 Å². The molecule has 0 aliphatic rings. The Kier molecular flexibility index (Phi) is 4.79. The molecule has 2 heterocycles.